The van der Waals surface area contributed by atoms with Crippen molar-refractivity contribution in [1.82, 2.24) is 10.2 Å². The van der Waals surface area contributed by atoms with Crippen LogP contribution in [0.2, 0.25) is 0 Å². The summed E-state index contributed by atoms with van der Waals surface area (Å²) >= 11 is 17.8. The first kappa shape index (κ1) is 17.4. The van der Waals surface area contributed by atoms with Crippen molar-refractivity contribution < 1.29 is 8.42 Å². The summed E-state index contributed by atoms with van der Waals surface area (Å²) in [6.45, 7) is 3.73. The molecule has 0 amide bonds. The number of unbranched alkanes of at least 4 members (excludes halogenated alkanes) is 2. The zero-order valence-electron chi connectivity index (χ0n) is 10.6. The van der Waals surface area contributed by atoms with Crippen molar-refractivity contribution in [3.05, 3.63) is 5.01 Å². The maximum atomic E-state index is 12.2. The molecule has 0 saturated heterocycles. The number of halogens is 3. The zero-order chi connectivity index (χ0) is 14.7. The zero-order valence-corrected chi connectivity index (χ0v) is 14.5. The third-order valence-corrected chi connectivity index (χ3v) is 7.16. The lowest BCUT2D eigenvalue weighted by molar-refractivity contribution is 0.565. The Morgan fingerprint density at radius 1 is 1.26 bits per heavy atom. The van der Waals surface area contributed by atoms with Gasteiger partial charge >= 0.3 is 0 Å². The topological polar surface area (TPSA) is 59.9 Å². The summed E-state index contributed by atoms with van der Waals surface area (Å²) in [7, 11) is -3.49. The second kappa shape index (κ2) is 6.89. The maximum Gasteiger partial charge on any atom is 0.243 e. The Hall–Kier alpha value is 0.380. The van der Waals surface area contributed by atoms with Gasteiger partial charge in [-0.1, -0.05) is 72.3 Å². The molecule has 0 aromatic carbocycles. The van der Waals surface area contributed by atoms with Crippen molar-refractivity contribution in [2.45, 2.75) is 52.9 Å². The van der Waals surface area contributed by atoms with Crippen LogP contribution in [0.1, 0.15) is 44.5 Å². The molecule has 9 heteroatoms. The summed E-state index contributed by atoms with van der Waals surface area (Å²) in [6.07, 6.45) is 3.52. The van der Waals surface area contributed by atoms with Crippen LogP contribution in [0.25, 0.3) is 0 Å². The van der Waals surface area contributed by atoms with Gasteiger partial charge in [-0.2, -0.15) is 0 Å². The van der Waals surface area contributed by atoms with Gasteiger partial charge in [0.1, 0.15) is 0 Å². The summed E-state index contributed by atoms with van der Waals surface area (Å²) in [6, 6.07) is 0. The Labute approximate surface area is 132 Å². The van der Waals surface area contributed by atoms with Crippen LogP contribution in [0.15, 0.2) is 4.34 Å². The summed E-state index contributed by atoms with van der Waals surface area (Å²) in [5.41, 5.74) is 0. The highest BCUT2D eigenvalue weighted by atomic mass is 35.6. The van der Waals surface area contributed by atoms with Gasteiger partial charge in [0.15, 0.2) is 5.01 Å². The van der Waals surface area contributed by atoms with E-state index in [1.165, 1.54) is 0 Å². The molecular formula is C10H15Cl3N2O2S2. The molecule has 0 fully saturated rings. The van der Waals surface area contributed by atoms with E-state index in [4.69, 9.17) is 34.8 Å². The first-order valence-corrected chi connectivity index (χ1v) is 9.33. The number of rotatable bonds is 6. The summed E-state index contributed by atoms with van der Waals surface area (Å²) in [5.74, 6) is 0. The quantitative estimate of drug-likeness (QED) is 0.562. The van der Waals surface area contributed by atoms with E-state index in [0.717, 1.165) is 30.6 Å². The van der Waals surface area contributed by atoms with Gasteiger partial charge in [0.05, 0.1) is 5.25 Å². The van der Waals surface area contributed by atoms with Gasteiger partial charge in [0.25, 0.3) is 0 Å². The Morgan fingerprint density at radius 3 is 2.37 bits per heavy atom. The van der Waals surface area contributed by atoms with E-state index in [9.17, 15) is 8.42 Å². The molecule has 1 atom stereocenters. The Morgan fingerprint density at radius 2 is 1.89 bits per heavy atom. The van der Waals surface area contributed by atoms with Gasteiger partial charge in [-0.25, -0.2) is 8.42 Å². The molecular weight excluding hydrogens is 351 g/mol. The van der Waals surface area contributed by atoms with Gasteiger partial charge in [-0.15, -0.1) is 10.2 Å². The molecule has 4 nitrogen and oxygen atoms in total. The van der Waals surface area contributed by atoms with E-state index in [0.29, 0.717) is 6.42 Å². The van der Waals surface area contributed by atoms with Gasteiger partial charge in [0.2, 0.25) is 18.0 Å². The minimum atomic E-state index is -3.49. The summed E-state index contributed by atoms with van der Waals surface area (Å²) < 4.78 is 22.7. The minimum absolute atomic E-state index is 0.0665. The largest absolute Gasteiger partial charge is 0.243 e. The SMILES string of the molecule is CCCCCC(C)S(=O)(=O)c1nnc(C(Cl)(Cl)Cl)s1. The Kier molecular flexibility index (Phi) is 6.32. The molecule has 1 aromatic rings. The van der Waals surface area contributed by atoms with E-state index >= 15 is 0 Å². The van der Waals surface area contributed by atoms with Crippen molar-refractivity contribution in [2.75, 3.05) is 0 Å². The number of hydrogen-bond acceptors (Lipinski definition) is 5. The van der Waals surface area contributed by atoms with Crippen LogP contribution in [0, 0.1) is 0 Å². The van der Waals surface area contributed by atoms with Crippen LogP contribution < -0.4 is 0 Å². The summed E-state index contributed by atoms with van der Waals surface area (Å²) in [5, 5.41) is 6.82. The lowest BCUT2D eigenvalue weighted by Gasteiger charge is -2.09. The number of nitrogens with zero attached hydrogens (tertiary/aromatic N) is 2. The van der Waals surface area contributed by atoms with Crippen LogP contribution in [0.4, 0.5) is 0 Å². The van der Waals surface area contributed by atoms with Crippen LogP contribution in [-0.4, -0.2) is 23.9 Å². The maximum absolute atomic E-state index is 12.2. The van der Waals surface area contributed by atoms with Gasteiger partial charge in [-0.05, 0) is 13.3 Å². The predicted molar refractivity (Wildman–Crippen MR) is 79.9 cm³/mol. The number of hydrogen-bond donors (Lipinski definition) is 0. The third-order valence-electron chi connectivity index (χ3n) is 2.64. The average molecular weight is 366 g/mol. The molecule has 0 bridgehead atoms. The molecule has 0 radical (unpaired) electrons. The highest BCUT2D eigenvalue weighted by molar-refractivity contribution is 7.93. The van der Waals surface area contributed by atoms with Gasteiger partial charge in [0, 0.05) is 0 Å². The molecule has 1 rings (SSSR count). The molecule has 0 spiro atoms. The monoisotopic (exact) mass is 364 g/mol. The van der Waals surface area contributed by atoms with Crippen LogP contribution in [0.3, 0.4) is 0 Å². The van der Waals surface area contributed by atoms with E-state index in [-0.39, 0.29) is 9.35 Å². The van der Waals surface area contributed by atoms with Crippen LogP contribution >= 0.6 is 46.1 Å². The summed E-state index contributed by atoms with van der Waals surface area (Å²) in [4.78, 5) is 0. The van der Waals surface area contributed by atoms with Gasteiger partial charge < -0.3 is 0 Å². The first-order chi connectivity index (χ1) is 8.69. The lowest BCUT2D eigenvalue weighted by Crippen LogP contribution is -2.17. The molecule has 0 saturated carbocycles. The molecule has 0 aliphatic carbocycles. The van der Waals surface area contributed by atoms with Crippen molar-refractivity contribution in [3.63, 3.8) is 0 Å². The molecule has 1 heterocycles. The fourth-order valence-electron chi connectivity index (χ4n) is 1.45. The van der Waals surface area contributed by atoms with E-state index in [1.54, 1.807) is 6.92 Å². The molecule has 1 unspecified atom stereocenters. The van der Waals surface area contributed by atoms with Crippen LogP contribution in [-0.2, 0) is 13.6 Å². The molecule has 1 aromatic heterocycles. The van der Waals surface area contributed by atoms with Crippen molar-refractivity contribution >= 4 is 56.0 Å². The first-order valence-electron chi connectivity index (χ1n) is 5.84. The fourth-order valence-corrected chi connectivity index (χ4v) is 4.52. The van der Waals surface area contributed by atoms with Crippen molar-refractivity contribution in [3.8, 4) is 0 Å². The minimum Gasteiger partial charge on any atom is -0.221 e. The second-order valence-corrected chi connectivity index (χ2v) is 10.0. The Bertz CT molecular complexity index is 511. The number of alkyl halides is 3. The highest BCUT2D eigenvalue weighted by Gasteiger charge is 2.33. The van der Waals surface area contributed by atoms with Gasteiger partial charge in [-0.3, -0.25) is 0 Å². The Balaban J connectivity index is 2.85. The van der Waals surface area contributed by atoms with Crippen LogP contribution in [0.5, 0.6) is 0 Å². The molecule has 110 valence electrons. The molecule has 0 N–H and O–H groups in total. The van der Waals surface area contributed by atoms with Crippen molar-refractivity contribution in [1.29, 1.82) is 0 Å². The highest BCUT2D eigenvalue weighted by Crippen LogP contribution is 2.40. The average Bonchev–Trinajstić information content (AvgIpc) is 2.78. The normalized spacial score (nSPS) is 14.6. The predicted octanol–water partition coefficient (Wildman–Crippen LogP) is 4.11. The standard InChI is InChI=1S/C10H15Cl3N2O2S2/c1-3-4-5-6-7(2)19(16,17)9-15-14-8(18-9)10(11,12)13/h7H,3-6H2,1-2H3. The number of aromatic nitrogens is 2. The molecule has 0 aliphatic heterocycles. The van der Waals surface area contributed by atoms with E-state index < -0.39 is 18.9 Å². The van der Waals surface area contributed by atoms with E-state index in [1.807, 2.05) is 0 Å². The smallest absolute Gasteiger partial charge is 0.221 e. The molecule has 0 aliphatic rings. The molecule has 19 heavy (non-hydrogen) atoms. The number of sulfone groups is 1. The fraction of sp³-hybridized carbons (Fsp3) is 0.800. The van der Waals surface area contributed by atoms with E-state index in [2.05, 4.69) is 17.1 Å². The van der Waals surface area contributed by atoms with Crippen molar-refractivity contribution in [2.24, 2.45) is 0 Å². The lowest BCUT2D eigenvalue weighted by atomic mass is 10.2. The second-order valence-electron chi connectivity index (χ2n) is 4.22. The third kappa shape index (κ3) is 4.70.